The highest BCUT2D eigenvalue weighted by Crippen LogP contribution is 2.42. The van der Waals surface area contributed by atoms with Crippen LogP contribution >= 0.6 is 0 Å². The smallest absolute Gasteiger partial charge is 0.162 e. The van der Waals surface area contributed by atoms with Crippen LogP contribution < -0.4 is 10.6 Å². The molecule has 0 saturated carbocycles. The Morgan fingerprint density at radius 2 is 1.07 bits per heavy atom. The average molecular weight is 389 g/mol. The maximum Gasteiger partial charge on any atom is 0.162 e. The maximum atomic E-state index is 10.7. The highest BCUT2D eigenvalue weighted by atomic mass is 16.3. The lowest BCUT2D eigenvalue weighted by molar-refractivity contribution is 0.479. The van der Waals surface area contributed by atoms with E-state index in [9.17, 15) is 5.11 Å². The fourth-order valence-electron chi connectivity index (χ4n) is 3.38. The van der Waals surface area contributed by atoms with Crippen LogP contribution in [0.3, 0.4) is 0 Å². The molecule has 0 amide bonds. The summed E-state index contributed by atoms with van der Waals surface area (Å²) in [5, 5.41) is 10.7. The summed E-state index contributed by atoms with van der Waals surface area (Å²) in [7, 11) is 0. The Hall–Kier alpha value is -2.94. The van der Waals surface area contributed by atoms with Crippen LogP contribution in [0.4, 0.5) is 22.7 Å². The Kier molecular flexibility index (Phi) is 5.36. The molecule has 29 heavy (non-hydrogen) atoms. The highest BCUT2D eigenvalue weighted by molar-refractivity contribution is 5.83. The fraction of sp³-hybridized carbons (Fsp3) is 0.308. The van der Waals surface area contributed by atoms with Crippen LogP contribution in [0, 0.1) is 0 Å². The zero-order valence-corrected chi connectivity index (χ0v) is 18.3. The lowest BCUT2D eigenvalue weighted by Crippen LogP contribution is -2.14. The molecular weight excluding hydrogens is 356 g/mol. The van der Waals surface area contributed by atoms with E-state index in [1.165, 1.54) is 11.1 Å². The van der Waals surface area contributed by atoms with Crippen molar-refractivity contribution in [3.63, 3.8) is 0 Å². The van der Waals surface area contributed by atoms with Crippen molar-refractivity contribution >= 4 is 22.7 Å². The summed E-state index contributed by atoms with van der Waals surface area (Å²) in [5.74, 6) is 0.0901. The molecule has 0 atom stereocenters. The molecule has 0 unspecified atom stereocenters. The quantitative estimate of drug-likeness (QED) is 0.374. The Labute approximate surface area is 174 Å². The SMILES string of the molecule is CC(C)(C)c1ccc(N(c2ccc(C(C)(C)C)cc2)c2cccc(N)c2O)cc1. The lowest BCUT2D eigenvalue weighted by Gasteiger charge is -2.28. The number of hydrogen-bond donors (Lipinski definition) is 2. The molecule has 3 heteroatoms. The van der Waals surface area contributed by atoms with Crippen LogP contribution in [0.15, 0.2) is 66.7 Å². The van der Waals surface area contributed by atoms with Gasteiger partial charge in [-0.3, -0.25) is 0 Å². The number of nitrogen functional groups attached to an aromatic ring is 1. The second-order valence-corrected chi connectivity index (χ2v) is 9.64. The minimum absolute atomic E-state index is 0.0804. The van der Waals surface area contributed by atoms with Crippen LogP contribution in [0.5, 0.6) is 5.75 Å². The second kappa shape index (κ2) is 7.47. The molecule has 3 N–H and O–H groups in total. The summed E-state index contributed by atoms with van der Waals surface area (Å²) in [6, 6.07) is 22.5. The van der Waals surface area contributed by atoms with Gasteiger partial charge in [0.2, 0.25) is 0 Å². The van der Waals surface area contributed by atoms with Gasteiger partial charge in [-0.25, -0.2) is 0 Å². The molecule has 3 aromatic carbocycles. The maximum absolute atomic E-state index is 10.7. The number of phenolic OH excluding ortho intramolecular Hbond substituents is 1. The van der Waals surface area contributed by atoms with Crippen molar-refractivity contribution in [2.24, 2.45) is 0 Å². The first kappa shape index (κ1) is 20.8. The van der Waals surface area contributed by atoms with Gasteiger partial charge in [0.25, 0.3) is 0 Å². The number of hydrogen-bond acceptors (Lipinski definition) is 3. The molecule has 0 aromatic heterocycles. The number of nitrogens with zero attached hydrogens (tertiary/aromatic N) is 1. The molecule has 3 aromatic rings. The molecule has 0 saturated heterocycles. The predicted octanol–water partition coefficient (Wildman–Crippen LogP) is 7.04. The molecular formula is C26H32N2O. The molecule has 0 aliphatic heterocycles. The van der Waals surface area contributed by atoms with Crippen molar-refractivity contribution < 1.29 is 5.11 Å². The topological polar surface area (TPSA) is 49.5 Å². The van der Waals surface area contributed by atoms with Gasteiger partial charge >= 0.3 is 0 Å². The zero-order valence-electron chi connectivity index (χ0n) is 18.3. The summed E-state index contributed by atoms with van der Waals surface area (Å²) in [6.45, 7) is 13.2. The second-order valence-electron chi connectivity index (χ2n) is 9.64. The van der Waals surface area contributed by atoms with E-state index >= 15 is 0 Å². The number of rotatable bonds is 3. The summed E-state index contributed by atoms with van der Waals surface area (Å²) in [5.41, 5.74) is 11.7. The third-order valence-electron chi connectivity index (χ3n) is 5.27. The van der Waals surface area contributed by atoms with Crippen LogP contribution in [-0.4, -0.2) is 5.11 Å². The van der Waals surface area contributed by atoms with Gasteiger partial charge in [0.05, 0.1) is 11.4 Å². The summed E-state index contributed by atoms with van der Waals surface area (Å²) in [4.78, 5) is 2.05. The molecule has 0 heterocycles. The zero-order chi connectivity index (χ0) is 21.4. The summed E-state index contributed by atoms with van der Waals surface area (Å²) >= 11 is 0. The third-order valence-corrected chi connectivity index (χ3v) is 5.27. The summed E-state index contributed by atoms with van der Waals surface area (Å²) in [6.07, 6.45) is 0. The number of nitrogens with two attached hydrogens (primary N) is 1. The number of phenols is 1. The lowest BCUT2D eigenvalue weighted by atomic mass is 9.86. The van der Waals surface area contributed by atoms with E-state index in [0.717, 1.165) is 11.4 Å². The normalized spacial score (nSPS) is 12.1. The Morgan fingerprint density at radius 3 is 1.45 bits per heavy atom. The van der Waals surface area contributed by atoms with Gasteiger partial charge in [0.15, 0.2) is 5.75 Å². The van der Waals surface area contributed by atoms with Crippen molar-refractivity contribution in [1.29, 1.82) is 0 Å². The van der Waals surface area contributed by atoms with Gasteiger partial charge in [-0.15, -0.1) is 0 Å². The van der Waals surface area contributed by atoms with Crippen molar-refractivity contribution in [2.45, 2.75) is 52.4 Å². The first-order valence-corrected chi connectivity index (χ1v) is 10.1. The van der Waals surface area contributed by atoms with E-state index in [1.54, 1.807) is 6.07 Å². The molecule has 0 radical (unpaired) electrons. The molecule has 0 aliphatic rings. The van der Waals surface area contributed by atoms with Crippen molar-refractivity contribution in [3.8, 4) is 5.75 Å². The van der Waals surface area contributed by atoms with Crippen LogP contribution in [0.2, 0.25) is 0 Å². The fourth-order valence-corrected chi connectivity index (χ4v) is 3.38. The predicted molar refractivity (Wildman–Crippen MR) is 125 cm³/mol. The summed E-state index contributed by atoms with van der Waals surface area (Å²) < 4.78 is 0. The largest absolute Gasteiger partial charge is 0.504 e. The molecule has 3 nitrogen and oxygen atoms in total. The number of benzene rings is 3. The highest BCUT2D eigenvalue weighted by Gasteiger charge is 2.20. The van der Waals surface area contributed by atoms with Gasteiger partial charge in [0.1, 0.15) is 0 Å². The molecule has 0 bridgehead atoms. The minimum Gasteiger partial charge on any atom is -0.504 e. The van der Waals surface area contributed by atoms with Crippen molar-refractivity contribution in [1.82, 2.24) is 0 Å². The number of anilines is 4. The van der Waals surface area contributed by atoms with Gasteiger partial charge in [-0.05, 0) is 58.4 Å². The van der Waals surface area contributed by atoms with E-state index in [4.69, 9.17) is 5.73 Å². The molecule has 0 fully saturated rings. The Bertz CT molecular complexity index is 918. The standard InChI is InChI=1S/C26H32N2O/c1-25(2,3)18-10-14-20(15-11-18)28(23-9-7-8-22(27)24(23)29)21-16-12-19(13-17-21)26(4,5)6/h7-17,29H,27H2,1-6H3. The van der Waals surface area contributed by atoms with Crippen LogP contribution in [0.1, 0.15) is 52.7 Å². The van der Waals surface area contributed by atoms with Crippen molar-refractivity contribution in [3.05, 3.63) is 77.9 Å². The number of para-hydroxylation sites is 1. The van der Waals surface area contributed by atoms with Gasteiger partial charge in [-0.2, -0.15) is 0 Å². The number of aromatic hydroxyl groups is 1. The average Bonchev–Trinajstić information content (AvgIpc) is 2.65. The van der Waals surface area contributed by atoms with E-state index in [2.05, 4.69) is 90.1 Å². The first-order valence-electron chi connectivity index (χ1n) is 10.1. The monoisotopic (exact) mass is 388 g/mol. The van der Waals surface area contributed by atoms with Crippen LogP contribution in [-0.2, 0) is 10.8 Å². The Balaban J connectivity index is 2.14. The van der Waals surface area contributed by atoms with E-state index in [-0.39, 0.29) is 16.6 Å². The first-order chi connectivity index (χ1) is 13.5. The van der Waals surface area contributed by atoms with Crippen molar-refractivity contribution in [2.75, 3.05) is 10.6 Å². The molecule has 152 valence electrons. The van der Waals surface area contributed by atoms with E-state index in [0.29, 0.717) is 11.4 Å². The van der Waals surface area contributed by atoms with E-state index in [1.807, 2.05) is 17.0 Å². The molecule has 0 spiro atoms. The van der Waals surface area contributed by atoms with Gasteiger partial charge in [-0.1, -0.05) is 71.9 Å². The minimum atomic E-state index is 0.0804. The van der Waals surface area contributed by atoms with Gasteiger partial charge in [0, 0.05) is 11.4 Å². The molecule has 0 aliphatic carbocycles. The molecule has 3 rings (SSSR count). The van der Waals surface area contributed by atoms with E-state index < -0.39 is 0 Å². The third kappa shape index (κ3) is 4.40. The van der Waals surface area contributed by atoms with Gasteiger partial charge < -0.3 is 15.7 Å². The van der Waals surface area contributed by atoms with Crippen LogP contribution in [0.25, 0.3) is 0 Å². The Morgan fingerprint density at radius 1 is 0.655 bits per heavy atom.